The van der Waals surface area contributed by atoms with E-state index in [2.05, 4.69) is 20.5 Å². The number of oxime groups is 1. The summed E-state index contributed by atoms with van der Waals surface area (Å²) in [6.07, 6.45) is 1.06. The van der Waals surface area contributed by atoms with E-state index in [0.29, 0.717) is 10.7 Å². The lowest BCUT2D eigenvalue weighted by Crippen LogP contribution is -2.08. The maximum Gasteiger partial charge on any atom is 0.371 e. The first-order valence-corrected chi connectivity index (χ1v) is 8.06. The van der Waals surface area contributed by atoms with Gasteiger partial charge in [0.25, 0.3) is 0 Å². The zero-order valence-corrected chi connectivity index (χ0v) is 15.3. The van der Waals surface area contributed by atoms with Gasteiger partial charge in [-0.1, -0.05) is 46.0 Å². The molecular weight excluding hydrogens is 411 g/mol. The standard InChI is InChI=1S/C16H10Cl3F2N3O2/c1-8(23-24-15-10(18)5-9(17)6-11(15)19)7-22-26-16(25)14-12(20)3-2-4-13(14)21/h2-7,24H,1H3/b22-7+,23-8+. The molecule has 0 unspecified atom stereocenters. The largest absolute Gasteiger partial charge is 0.371 e. The van der Waals surface area contributed by atoms with Crippen LogP contribution in [0.2, 0.25) is 15.1 Å². The van der Waals surface area contributed by atoms with Crippen LogP contribution >= 0.6 is 34.8 Å². The SMILES string of the molecule is CC(/C=N/OC(=O)c1c(F)cccc1F)=N\Nc1c(Cl)cc(Cl)cc1Cl. The topological polar surface area (TPSA) is 63.0 Å². The van der Waals surface area contributed by atoms with Gasteiger partial charge in [0.2, 0.25) is 0 Å². The highest BCUT2D eigenvalue weighted by molar-refractivity contribution is 6.41. The Balaban J connectivity index is 2.02. The lowest BCUT2D eigenvalue weighted by Gasteiger charge is -2.06. The van der Waals surface area contributed by atoms with Gasteiger partial charge >= 0.3 is 5.97 Å². The van der Waals surface area contributed by atoms with Crippen LogP contribution in [-0.2, 0) is 4.84 Å². The predicted molar refractivity (Wildman–Crippen MR) is 98.5 cm³/mol. The molecule has 1 N–H and O–H groups in total. The number of carbonyl (C=O) groups is 1. The van der Waals surface area contributed by atoms with Crippen molar-refractivity contribution in [3.8, 4) is 0 Å². The molecule has 2 aromatic rings. The number of hydrogen-bond donors (Lipinski definition) is 1. The summed E-state index contributed by atoms with van der Waals surface area (Å²) in [6.45, 7) is 1.52. The van der Waals surface area contributed by atoms with Gasteiger partial charge in [-0.3, -0.25) is 5.43 Å². The van der Waals surface area contributed by atoms with E-state index in [1.165, 1.54) is 19.1 Å². The molecule has 0 bridgehead atoms. The summed E-state index contributed by atoms with van der Waals surface area (Å²) in [4.78, 5) is 16.1. The van der Waals surface area contributed by atoms with Crippen LogP contribution in [0.25, 0.3) is 0 Å². The Kier molecular flexibility index (Phi) is 6.90. The van der Waals surface area contributed by atoms with Crippen molar-refractivity contribution in [2.45, 2.75) is 6.92 Å². The Morgan fingerprint density at radius 2 is 1.73 bits per heavy atom. The summed E-state index contributed by atoms with van der Waals surface area (Å²) in [6, 6.07) is 5.93. The molecule has 136 valence electrons. The number of hydrogen-bond acceptors (Lipinski definition) is 5. The minimum atomic E-state index is -1.28. The molecule has 5 nitrogen and oxygen atoms in total. The summed E-state index contributed by atoms with van der Waals surface area (Å²) in [5.74, 6) is -3.38. The van der Waals surface area contributed by atoms with Crippen LogP contribution < -0.4 is 5.43 Å². The van der Waals surface area contributed by atoms with Gasteiger partial charge in [-0.05, 0) is 31.2 Å². The van der Waals surface area contributed by atoms with Crippen molar-refractivity contribution in [3.63, 3.8) is 0 Å². The van der Waals surface area contributed by atoms with Crippen LogP contribution in [0, 0.1) is 11.6 Å². The Labute approximate surface area is 162 Å². The molecule has 0 aliphatic heterocycles. The van der Waals surface area contributed by atoms with Crippen molar-refractivity contribution in [1.29, 1.82) is 0 Å². The Hall–Kier alpha value is -2.22. The number of halogens is 5. The number of nitrogens with zero attached hydrogens (tertiary/aromatic N) is 2. The minimum Gasteiger partial charge on any atom is -0.313 e. The molecule has 0 saturated carbocycles. The van der Waals surface area contributed by atoms with Gasteiger partial charge in [-0.2, -0.15) is 5.10 Å². The highest BCUT2D eigenvalue weighted by atomic mass is 35.5. The fourth-order valence-corrected chi connectivity index (χ4v) is 2.61. The first-order valence-electron chi connectivity index (χ1n) is 6.93. The van der Waals surface area contributed by atoms with E-state index in [-0.39, 0.29) is 15.8 Å². The summed E-state index contributed by atoms with van der Waals surface area (Å²) in [5, 5.41) is 8.11. The number of benzene rings is 2. The highest BCUT2D eigenvalue weighted by Crippen LogP contribution is 2.33. The third-order valence-corrected chi connectivity index (χ3v) is 3.71. The highest BCUT2D eigenvalue weighted by Gasteiger charge is 2.18. The van der Waals surface area contributed by atoms with Crippen LogP contribution in [0.3, 0.4) is 0 Å². The molecule has 0 aliphatic carbocycles. The number of carbonyl (C=O) groups excluding carboxylic acids is 1. The molecule has 2 rings (SSSR count). The van der Waals surface area contributed by atoms with Gasteiger partial charge in [-0.25, -0.2) is 13.6 Å². The van der Waals surface area contributed by atoms with Crippen LogP contribution in [0.5, 0.6) is 0 Å². The minimum absolute atomic E-state index is 0.248. The summed E-state index contributed by atoms with van der Waals surface area (Å²) < 4.78 is 26.9. The van der Waals surface area contributed by atoms with Crippen molar-refractivity contribution in [2.75, 3.05) is 5.43 Å². The van der Waals surface area contributed by atoms with E-state index in [9.17, 15) is 13.6 Å². The van der Waals surface area contributed by atoms with Crippen LogP contribution in [0.4, 0.5) is 14.5 Å². The van der Waals surface area contributed by atoms with Gasteiger partial charge in [0.15, 0.2) is 0 Å². The second kappa shape index (κ2) is 8.93. The average Bonchev–Trinajstić information content (AvgIpc) is 2.53. The maximum atomic E-state index is 13.4. The molecule has 0 spiro atoms. The van der Waals surface area contributed by atoms with Crippen molar-refractivity contribution in [3.05, 3.63) is 62.6 Å². The molecule has 2 aromatic carbocycles. The van der Waals surface area contributed by atoms with Crippen LogP contribution in [0.1, 0.15) is 17.3 Å². The van der Waals surface area contributed by atoms with Gasteiger partial charge in [0.1, 0.15) is 17.2 Å². The second-order valence-electron chi connectivity index (χ2n) is 4.82. The molecule has 10 heteroatoms. The zero-order chi connectivity index (χ0) is 19.3. The molecule has 0 radical (unpaired) electrons. The Bertz CT molecular complexity index is 861. The number of anilines is 1. The Morgan fingerprint density at radius 3 is 2.31 bits per heavy atom. The van der Waals surface area contributed by atoms with Crippen molar-refractivity contribution >= 4 is 58.4 Å². The number of rotatable bonds is 5. The van der Waals surface area contributed by atoms with Crippen LogP contribution in [-0.4, -0.2) is 17.9 Å². The molecular formula is C16H10Cl3F2N3O2. The first-order chi connectivity index (χ1) is 12.3. The summed E-state index contributed by atoms with van der Waals surface area (Å²) >= 11 is 17.8. The van der Waals surface area contributed by atoms with E-state index >= 15 is 0 Å². The number of hydrazone groups is 1. The molecule has 0 atom stereocenters. The van der Waals surface area contributed by atoms with Crippen molar-refractivity contribution in [1.82, 2.24) is 0 Å². The van der Waals surface area contributed by atoms with Crippen LogP contribution in [0.15, 0.2) is 40.6 Å². The van der Waals surface area contributed by atoms with Crippen molar-refractivity contribution < 1.29 is 18.4 Å². The fourth-order valence-electron chi connectivity index (χ4n) is 1.71. The van der Waals surface area contributed by atoms with Gasteiger partial charge in [0.05, 0.1) is 27.7 Å². The second-order valence-corrected chi connectivity index (χ2v) is 6.07. The van der Waals surface area contributed by atoms with Gasteiger partial charge in [0, 0.05) is 5.02 Å². The quantitative estimate of drug-likeness (QED) is 0.391. The monoisotopic (exact) mass is 419 g/mol. The summed E-state index contributed by atoms with van der Waals surface area (Å²) in [7, 11) is 0. The molecule has 0 fully saturated rings. The molecule has 0 amide bonds. The average molecular weight is 421 g/mol. The molecule has 0 heterocycles. The Morgan fingerprint density at radius 1 is 1.15 bits per heavy atom. The van der Waals surface area contributed by atoms with E-state index in [1.54, 1.807) is 0 Å². The summed E-state index contributed by atoms with van der Waals surface area (Å²) in [5.41, 5.74) is 2.35. The predicted octanol–water partition coefficient (Wildman–Crippen LogP) is 5.56. The fraction of sp³-hybridized carbons (Fsp3) is 0.0625. The first kappa shape index (κ1) is 20.1. The zero-order valence-electron chi connectivity index (χ0n) is 13.1. The van der Waals surface area contributed by atoms with Crippen molar-refractivity contribution in [2.24, 2.45) is 10.3 Å². The molecule has 0 saturated heterocycles. The number of nitrogens with one attached hydrogen (secondary N) is 1. The molecule has 26 heavy (non-hydrogen) atoms. The van der Waals surface area contributed by atoms with E-state index < -0.39 is 23.2 Å². The normalized spacial score (nSPS) is 11.7. The smallest absolute Gasteiger partial charge is 0.313 e. The maximum absolute atomic E-state index is 13.4. The molecule has 0 aromatic heterocycles. The lowest BCUT2D eigenvalue weighted by molar-refractivity contribution is 0.0508. The third kappa shape index (κ3) is 5.14. The van der Waals surface area contributed by atoms with E-state index in [0.717, 1.165) is 24.4 Å². The van der Waals surface area contributed by atoms with E-state index in [4.69, 9.17) is 34.8 Å². The lowest BCUT2D eigenvalue weighted by atomic mass is 10.2. The van der Waals surface area contributed by atoms with Gasteiger partial charge in [-0.15, -0.1) is 0 Å². The molecule has 0 aliphatic rings. The van der Waals surface area contributed by atoms with E-state index in [1.807, 2.05) is 0 Å². The third-order valence-electron chi connectivity index (χ3n) is 2.89. The van der Waals surface area contributed by atoms with Gasteiger partial charge < -0.3 is 4.84 Å².